The maximum Gasteiger partial charge on any atom is 0.123 e. The van der Waals surface area contributed by atoms with Gasteiger partial charge >= 0.3 is 0 Å². The Kier molecular flexibility index (Phi) is 3.79. The lowest BCUT2D eigenvalue weighted by atomic mass is 10.1. The molecule has 0 aliphatic heterocycles. The van der Waals surface area contributed by atoms with Gasteiger partial charge in [0.1, 0.15) is 5.75 Å². The second-order valence-corrected chi connectivity index (χ2v) is 3.84. The van der Waals surface area contributed by atoms with Gasteiger partial charge in [0, 0.05) is 10.0 Å². The molecule has 13 heavy (non-hydrogen) atoms. The third-order valence-corrected chi connectivity index (χ3v) is 2.89. The molecule has 0 fully saturated rings. The third-order valence-electron chi connectivity index (χ3n) is 2.06. The Balaban J connectivity index is 3.09. The Morgan fingerprint density at radius 2 is 2.00 bits per heavy atom. The summed E-state index contributed by atoms with van der Waals surface area (Å²) in [6.07, 6.45) is 1.04. The molecule has 0 saturated heterocycles. The Morgan fingerprint density at radius 3 is 2.54 bits per heavy atom. The number of hydrogen-bond donors (Lipinski definition) is 0. The highest BCUT2D eigenvalue weighted by Crippen LogP contribution is 2.28. The Bertz CT molecular complexity index is 294. The second kappa shape index (κ2) is 4.66. The number of hydrogen-bond acceptors (Lipinski definition) is 1. The van der Waals surface area contributed by atoms with E-state index in [1.54, 1.807) is 0 Å². The van der Waals surface area contributed by atoms with E-state index in [1.807, 2.05) is 6.92 Å². The van der Waals surface area contributed by atoms with Crippen LogP contribution in [0.25, 0.3) is 0 Å². The number of ether oxygens (including phenoxy) is 1. The molecule has 72 valence electrons. The fraction of sp³-hybridized carbons (Fsp3) is 0.455. The van der Waals surface area contributed by atoms with Crippen LogP contribution in [0.4, 0.5) is 0 Å². The van der Waals surface area contributed by atoms with Gasteiger partial charge in [-0.25, -0.2) is 0 Å². The molecule has 0 aromatic heterocycles. The molecule has 1 aromatic carbocycles. The molecule has 0 heterocycles. The van der Waals surface area contributed by atoms with Gasteiger partial charge in [0.05, 0.1) is 6.61 Å². The molecule has 0 amide bonds. The van der Waals surface area contributed by atoms with Crippen molar-refractivity contribution >= 4 is 15.9 Å². The third kappa shape index (κ3) is 2.47. The predicted octanol–water partition coefficient (Wildman–Crippen LogP) is 3.72. The van der Waals surface area contributed by atoms with Crippen molar-refractivity contribution in [3.05, 3.63) is 27.7 Å². The fourth-order valence-electron chi connectivity index (χ4n) is 1.22. The van der Waals surface area contributed by atoms with Crippen LogP contribution in [0.15, 0.2) is 16.6 Å². The van der Waals surface area contributed by atoms with Crippen LogP contribution in [0.1, 0.15) is 25.0 Å². The van der Waals surface area contributed by atoms with Crippen LogP contribution >= 0.6 is 15.9 Å². The maximum atomic E-state index is 5.53. The van der Waals surface area contributed by atoms with E-state index in [2.05, 4.69) is 41.9 Å². The largest absolute Gasteiger partial charge is 0.494 e. The molecular formula is C11H15BrO. The van der Waals surface area contributed by atoms with Crippen LogP contribution in [0.2, 0.25) is 0 Å². The van der Waals surface area contributed by atoms with Crippen LogP contribution in [-0.2, 0) is 6.42 Å². The highest BCUT2D eigenvalue weighted by atomic mass is 79.9. The van der Waals surface area contributed by atoms with Gasteiger partial charge in [-0.05, 0) is 38.0 Å². The van der Waals surface area contributed by atoms with Gasteiger partial charge in [-0.15, -0.1) is 0 Å². The standard InChI is InChI=1S/C11H15BrO/c1-4-9-6-10(12)8(3)11(7-9)13-5-2/h6-7H,4-5H2,1-3H3. The van der Waals surface area contributed by atoms with Crippen LogP contribution in [0.3, 0.4) is 0 Å². The highest BCUT2D eigenvalue weighted by molar-refractivity contribution is 9.10. The van der Waals surface area contributed by atoms with Crippen LogP contribution in [0, 0.1) is 6.92 Å². The second-order valence-electron chi connectivity index (χ2n) is 2.99. The van der Waals surface area contributed by atoms with E-state index in [0.717, 1.165) is 23.2 Å². The topological polar surface area (TPSA) is 9.23 Å². The van der Waals surface area contributed by atoms with Crippen molar-refractivity contribution in [1.82, 2.24) is 0 Å². The first-order chi connectivity index (χ1) is 6.19. The number of halogens is 1. The van der Waals surface area contributed by atoms with Gasteiger partial charge in [0.15, 0.2) is 0 Å². The van der Waals surface area contributed by atoms with Crippen LogP contribution in [-0.4, -0.2) is 6.61 Å². The zero-order valence-electron chi connectivity index (χ0n) is 8.36. The molecule has 0 radical (unpaired) electrons. The zero-order valence-corrected chi connectivity index (χ0v) is 9.94. The monoisotopic (exact) mass is 242 g/mol. The van der Waals surface area contributed by atoms with Crippen molar-refractivity contribution in [2.45, 2.75) is 27.2 Å². The summed E-state index contributed by atoms with van der Waals surface area (Å²) in [4.78, 5) is 0. The summed E-state index contributed by atoms with van der Waals surface area (Å²) in [6, 6.07) is 4.27. The van der Waals surface area contributed by atoms with Gasteiger partial charge in [0.2, 0.25) is 0 Å². The van der Waals surface area contributed by atoms with E-state index in [4.69, 9.17) is 4.74 Å². The molecule has 0 unspecified atom stereocenters. The molecule has 0 atom stereocenters. The van der Waals surface area contributed by atoms with Gasteiger partial charge in [-0.2, -0.15) is 0 Å². The Hall–Kier alpha value is -0.500. The number of benzene rings is 1. The lowest BCUT2D eigenvalue weighted by molar-refractivity contribution is 0.337. The maximum absolute atomic E-state index is 5.53. The van der Waals surface area contributed by atoms with Gasteiger partial charge in [-0.3, -0.25) is 0 Å². The molecule has 1 rings (SSSR count). The minimum absolute atomic E-state index is 0.723. The van der Waals surface area contributed by atoms with Crippen molar-refractivity contribution < 1.29 is 4.74 Å². The highest BCUT2D eigenvalue weighted by Gasteiger charge is 2.04. The summed E-state index contributed by atoms with van der Waals surface area (Å²) in [7, 11) is 0. The Labute approximate surface area is 88.2 Å². The number of aryl methyl sites for hydroxylation is 1. The summed E-state index contributed by atoms with van der Waals surface area (Å²) >= 11 is 3.53. The molecule has 1 aromatic rings. The summed E-state index contributed by atoms with van der Waals surface area (Å²) in [5, 5.41) is 0. The van der Waals surface area contributed by atoms with E-state index >= 15 is 0 Å². The molecule has 0 saturated carbocycles. The average Bonchev–Trinajstić information content (AvgIpc) is 2.13. The van der Waals surface area contributed by atoms with Crippen molar-refractivity contribution in [1.29, 1.82) is 0 Å². The van der Waals surface area contributed by atoms with Crippen molar-refractivity contribution in [2.24, 2.45) is 0 Å². The predicted molar refractivity (Wildman–Crippen MR) is 59.4 cm³/mol. The minimum atomic E-state index is 0.723. The van der Waals surface area contributed by atoms with Crippen molar-refractivity contribution in [2.75, 3.05) is 6.61 Å². The molecule has 0 N–H and O–H groups in total. The SMILES string of the molecule is CCOc1cc(CC)cc(Br)c1C. The van der Waals surface area contributed by atoms with Crippen molar-refractivity contribution in [3.8, 4) is 5.75 Å². The molecule has 1 nitrogen and oxygen atoms in total. The smallest absolute Gasteiger partial charge is 0.123 e. The summed E-state index contributed by atoms with van der Waals surface area (Å²) in [5.74, 6) is 0.994. The molecule has 0 aliphatic rings. The first kappa shape index (κ1) is 10.6. The molecular weight excluding hydrogens is 228 g/mol. The van der Waals surface area contributed by atoms with E-state index in [1.165, 1.54) is 11.1 Å². The van der Waals surface area contributed by atoms with E-state index < -0.39 is 0 Å². The fourth-order valence-corrected chi connectivity index (χ4v) is 1.71. The summed E-state index contributed by atoms with van der Waals surface area (Å²) in [5.41, 5.74) is 2.49. The summed E-state index contributed by atoms with van der Waals surface area (Å²) < 4.78 is 6.66. The van der Waals surface area contributed by atoms with E-state index in [9.17, 15) is 0 Å². The lowest BCUT2D eigenvalue weighted by Crippen LogP contribution is -1.96. The summed E-state index contributed by atoms with van der Waals surface area (Å²) in [6.45, 7) is 6.94. The van der Waals surface area contributed by atoms with Gasteiger partial charge in [-0.1, -0.05) is 22.9 Å². The quantitative estimate of drug-likeness (QED) is 0.786. The van der Waals surface area contributed by atoms with E-state index in [0.29, 0.717) is 0 Å². The van der Waals surface area contributed by atoms with E-state index in [-0.39, 0.29) is 0 Å². The first-order valence-corrected chi connectivity index (χ1v) is 5.40. The lowest BCUT2D eigenvalue weighted by Gasteiger charge is -2.10. The molecule has 0 spiro atoms. The van der Waals surface area contributed by atoms with Crippen molar-refractivity contribution in [3.63, 3.8) is 0 Å². The van der Waals surface area contributed by atoms with Gasteiger partial charge < -0.3 is 4.74 Å². The average molecular weight is 243 g/mol. The normalized spacial score (nSPS) is 10.2. The van der Waals surface area contributed by atoms with Gasteiger partial charge in [0.25, 0.3) is 0 Å². The molecule has 2 heteroatoms. The molecule has 0 bridgehead atoms. The first-order valence-electron chi connectivity index (χ1n) is 4.60. The number of rotatable bonds is 3. The van der Waals surface area contributed by atoms with Crippen LogP contribution in [0.5, 0.6) is 5.75 Å². The zero-order chi connectivity index (χ0) is 9.84. The minimum Gasteiger partial charge on any atom is -0.494 e. The van der Waals surface area contributed by atoms with Crippen LogP contribution < -0.4 is 4.74 Å². The Morgan fingerprint density at radius 1 is 1.31 bits per heavy atom. The molecule has 0 aliphatic carbocycles.